The van der Waals surface area contributed by atoms with Crippen LogP contribution in [-0.4, -0.2) is 49.4 Å². The van der Waals surface area contributed by atoms with Gasteiger partial charge in [0, 0.05) is 30.0 Å². The van der Waals surface area contributed by atoms with Crippen molar-refractivity contribution in [2.45, 2.75) is 52.5 Å². The summed E-state index contributed by atoms with van der Waals surface area (Å²) in [5.41, 5.74) is 12.7. The van der Waals surface area contributed by atoms with Crippen molar-refractivity contribution in [2.75, 3.05) is 17.7 Å². The van der Waals surface area contributed by atoms with Crippen molar-refractivity contribution >= 4 is 52.5 Å². The number of Topliss-reactive ketones (excluding diaryl/α,β-unsaturated/α-hetero) is 1. The molecule has 38 heavy (non-hydrogen) atoms. The topological polar surface area (TPSA) is 202 Å². The molecule has 1 amide bonds. The molecule has 1 atom stereocenters. The molecule has 1 aliphatic rings. The second-order valence-corrected chi connectivity index (χ2v) is 8.61. The average molecular weight is 567 g/mol. The molecule has 15 heteroatoms. The van der Waals surface area contributed by atoms with Gasteiger partial charge in [0.25, 0.3) is 0 Å². The predicted octanol–water partition coefficient (Wildman–Crippen LogP) is 3.12. The standard InChI is InChI=1S/C8H10ClN3O.C8H12N2O3.C7H6ClN3O/c1-5(13)2-3-6-7(9)11-4-12-8(6)10;1-3-12-8(11)6-4-7(5(2)9)13-10-6;8-6-4-1-2-5(12)11-7(4)10-3-9-6/h4H,2-3H2,1H3,(H2,10,11,12);4-5H,3,9H2,1-2H3;3H,1-2H2,(H,9,10,11,12)/t;5-;/m.1./s1. The molecule has 0 radical (unpaired) electrons. The largest absolute Gasteiger partial charge is 0.461 e. The van der Waals surface area contributed by atoms with Crippen LogP contribution in [-0.2, 0) is 27.2 Å². The van der Waals surface area contributed by atoms with Crippen LogP contribution in [0.3, 0.4) is 0 Å². The number of carbonyl (C=O) groups excluding carboxylic acids is 3. The number of esters is 1. The van der Waals surface area contributed by atoms with Gasteiger partial charge in [0.15, 0.2) is 11.5 Å². The number of aromatic nitrogens is 5. The van der Waals surface area contributed by atoms with E-state index in [2.05, 4.69) is 30.4 Å². The average Bonchev–Trinajstić information content (AvgIpc) is 3.36. The lowest BCUT2D eigenvalue weighted by atomic mass is 10.1. The summed E-state index contributed by atoms with van der Waals surface area (Å²) in [7, 11) is 0. The molecule has 0 saturated heterocycles. The number of ketones is 1. The zero-order chi connectivity index (χ0) is 28.2. The Morgan fingerprint density at radius 1 is 1.16 bits per heavy atom. The van der Waals surface area contributed by atoms with E-state index in [-0.39, 0.29) is 23.4 Å². The summed E-state index contributed by atoms with van der Waals surface area (Å²) in [6.07, 6.45) is 4.64. The Balaban J connectivity index is 0.000000200. The number of halogens is 2. The van der Waals surface area contributed by atoms with Crippen LogP contribution in [0.15, 0.2) is 23.2 Å². The number of hydrogen-bond acceptors (Lipinski definition) is 12. The Hall–Kier alpha value is -3.68. The summed E-state index contributed by atoms with van der Waals surface area (Å²) in [6, 6.07) is 1.22. The molecule has 0 unspecified atom stereocenters. The highest BCUT2D eigenvalue weighted by atomic mass is 35.5. The summed E-state index contributed by atoms with van der Waals surface area (Å²) < 4.78 is 9.54. The minimum Gasteiger partial charge on any atom is -0.461 e. The maximum absolute atomic E-state index is 11.1. The van der Waals surface area contributed by atoms with Crippen LogP contribution in [0.5, 0.6) is 0 Å². The molecule has 0 saturated carbocycles. The number of amides is 1. The van der Waals surface area contributed by atoms with Crippen molar-refractivity contribution in [1.82, 2.24) is 25.1 Å². The highest BCUT2D eigenvalue weighted by molar-refractivity contribution is 6.30. The van der Waals surface area contributed by atoms with Gasteiger partial charge in [-0.15, -0.1) is 0 Å². The first-order valence-corrected chi connectivity index (χ1v) is 12.2. The zero-order valence-electron chi connectivity index (χ0n) is 21.0. The van der Waals surface area contributed by atoms with E-state index in [9.17, 15) is 14.4 Å². The molecular formula is C23H28Cl2N8O5. The summed E-state index contributed by atoms with van der Waals surface area (Å²) in [5, 5.41) is 6.91. The van der Waals surface area contributed by atoms with E-state index in [1.807, 2.05) is 0 Å². The van der Waals surface area contributed by atoms with E-state index in [4.69, 9.17) is 43.9 Å². The Kier molecular flexibility index (Phi) is 12.0. The Labute approximate surface area is 228 Å². The molecule has 5 N–H and O–H groups in total. The van der Waals surface area contributed by atoms with Gasteiger partial charge in [-0.3, -0.25) is 4.79 Å². The minimum atomic E-state index is -0.488. The van der Waals surface area contributed by atoms with E-state index in [0.717, 1.165) is 5.56 Å². The monoisotopic (exact) mass is 566 g/mol. The number of hydrogen-bond donors (Lipinski definition) is 3. The van der Waals surface area contributed by atoms with E-state index >= 15 is 0 Å². The number of anilines is 2. The molecule has 0 aliphatic carbocycles. The Morgan fingerprint density at radius 2 is 1.84 bits per heavy atom. The first-order valence-electron chi connectivity index (χ1n) is 11.5. The smallest absolute Gasteiger partial charge is 0.360 e. The lowest BCUT2D eigenvalue weighted by Crippen LogP contribution is -2.20. The molecule has 0 aromatic carbocycles. The molecule has 0 spiro atoms. The summed E-state index contributed by atoms with van der Waals surface area (Å²) >= 11 is 11.6. The molecule has 0 fully saturated rings. The van der Waals surface area contributed by atoms with Gasteiger partial charge < -0.3 is 30.8 Å². The molecule has 13 nitrogen and oxygen atoms in total. The highest BCUT2D eigenvalue weighted by Gasteiger charge is 2.18. The first kappa shape index (κ1) is 30.5. The number of nitrogens with one attached hydrogen (secondary N) is 1. The maximum Gasteiger partial charge on any atom is 0.360 e. The lowest BCUT2D eigenvalue weighted by Gasteiger charge is -2.14. The fraction of sp³-hybridized carbons (Fsp3) is 0.391. The molecule has 4 rings (SSSR count). The highest BCUT2D eigenvalue weighted by Crippen LogP contribution is 2.24. The van der Waals surface area contributed by atoms with E-state index in [0.29, 0.717) is 65.6 Å². The molecule has 3 aromatic rings. The number of fused-ring (bicyclic) bond motifs is 1. The fourth-order valence-corrected chi connectivity index (χ4v) is 3.36. The SMILES string of the molecule is CC(=O)CCc1c(N)ncnc1Cl.CCOC(=O)c1cc([C@@H](C)N)on1.O=C1CCc2c(Cl)ncnc2N1. The summed E-state index contributed by atoms with van der Waals surface area (Å²) in [5.74, 6) is 0.963. The molecule has 4 heterocycles. The van der Waals surface area contributed by atoms with Gasteiger partial charge in [0.2, 0.25) is 5.91 Å². The van der Waals surface area contributed by atoms with Gasteiger partial charge in [-0.2, -0.15) is 0 Å². The number of rotatable bonds is 6. The molecule has 3 aromatic heterocycles. The second-order valence-electron chi connectivity index (χ2n) is 7.89. The van der Waals surface area contributed by atoms with Gasteiger partial charge in [-0.25, -0.2) is 24.7 Å². The van der Waals surface area contributed by atoms with Gasteiger partial charge in [-0.1, -0.05) is 28.4 Å². The van der Waals surface area contributed by atoms with Crippen LogP contribution in [0.1, 0.15) is 67.0 Å². The van der Waals surface area contributed by atoms with Crippen molar-refractivity contribution < 1.29 is 23.6 Å². The third-order valence-electron chi connectivity index (χ3n) is 4.87. The number of ether oxygens (including phenoxy) is 1. The fourth-order valence-electron chi connectivity index (χ4n) is 2.89. The van der Waals surface area contributed by atoms with Gasteiger partial charge in [0.1, 0.15) is 40.4 Å². The third-order valence-corrected chi connectivity index (χ3v) is 5.52. The summed E-state index contributed by atoms with van der Waals surface area (Å²) in [6.45, 7) is 5.31. The quantitative estimate of drug-likeness (QED) is 0.291. The van der Waals surface area contributed by atoms with Crippen LogP contribution < -0.4 is 16.8 Å². The van der Waals surface area contributed by atoms with Crippen LogP contribution in [0.25, 0.3) is 0 Å². The minimum absolute atomic E-state index is 0.0164. The molecule has 1 aliphatic heterocycles. The number of nitrogen functional groups attached to an aromatic ring is 1. The van der Waals surface area contributed by atoms with Crippen molar-refractivity contribution in [1.29, 1.82) is 0 Å². The van der Waals surface area contributed by atoms with Crippen molar-refractivity contribution in [3.8, 4) is 0 Å². The van der Waals surface area contributed by atoms with Gasteiger partial charge in [-0.05, 0) is 33.6 Å². The third kappa shape index (κ3) is 9.32. The number of nitrogens with two attached hydrogens (primary N) is 2. The number of carbonyl (C=O) groups is 3. The van der Waals surface area contributed by atoms with Gasteiger partial charge in [0.05, 0.1) is 12.6 Å². The van der Waals surface area contributed by atoms with Crippen LogP contribution in [0.2, 0.25) is 10.3 Å². The van der Waals surface area contributed by atoms with E-state index < -0.39 is 5.97 Å². The Morgan fingerprint density at radius 3 is 2.45 bits per heavy atom. The lowest BCUT2D eigenvalue weighted by molar-refractivity contribution is -0.117. The number of nitrogens with zero attached hydrogens (tertiary/aromatic N) is 5. The molecular weight excluding hydrogens is 539 g/mol. The summed E-state index contributed by atoms with van der Waals surface area (Å²) in [4.78, 5) is 48.0. The van der Waals surface area contributed by atoms with Crippen molar-refractivity contribution in [2.24, 2.45) is 5.73 Å². The predicted molar refractivity (Wildman–Crippen MR) is 140 cm³/mol. The van der Waals surface area contributed by atoms with Crippen molar-refractivity contribution in [3.63, 3.8) is 0 Å². The first-order chi connectivity index (χ1) is 18.0. The van der Waals surface area contributed by atoms with E-state index in [1.54, 1.807) is 13.8 Å². The van der Waals surface area contributed by atoms with Crippen molar-refractivity contribution in [3.05, 3.63) is 51.6 Å². The maximum atomic E-state index is 11.1. The van der Waals surface area contributed by atoms with Crippen LogP contribution >= 0.6 is 23.2 Å². The molecule has 0 bridgehead atoms. The second kappa shape index (κ2) is 14.9. The van der Waals surface area contributed by atoms with Gasteiger partial charge >= 0.3 is 5.97 Å². The zero-order valence-corrected chi connectivity index (χ0v) is 22.5. The van der Waals surface area contributed by atoms with Crippen LogP contribution in [0.4, 0.5) is 11.6 Å². The Bertz CT molecular complexity index is 1250. The van der Waals surface area contributed by atoms with E-state index in [1.165, 1.54) is 25.6 Å². The normalized spacial score (nSPS) is 12.5. The van der Waals surface area contributed by atoms with Crippen LogP contribution in [0, 0.1) is 0 Å². The molecule has 204 valence electrons.